The Morgan fingerprint density at radius 1 is 1.36 bits per heavy atom. The number of benzene rings is 1. The van der Waals surface area contributed by atoms with Crippen LogP contribution >= 0.6 is 11.3 Å². The molecule has 1 saturated heterocycles. The molecule has 4 rings (SSSR count). The molecule has 1 aliphatic rings. The van der Waals surface area contributed by atoms with Gasteiger partial charge in [-0.2, -0.15) is 0 Å². The number of hydrogen-bond donors (Lipinski definition) is 1. The minimum atomic E-state index is -0.0844. The molecule has 1 N–H and O–H groups in total. The lowest BCUT2D eigenvalue weighted by atomic mass is 9.97. The van der Waals surface area contributed by atoms with E-state index in [4.69, 9.17) is 4.42 Å². The Balaban J connectivity index is 1.83. The molecule has 2 aromatic heterocycles. The van der Waals surface area contributed by atoms with Crippen molar-refractivity contribution in [1.29, 1.82) is 0 Å². The smallest absolute Gasteiger partial charge is 0.202 e. The van der Waals surface area contributed by atoms with E-state index in [2.05, 4.69) is 16.8 Å². The molecular formula is C22H26N2O3S. The monoisotopic (exact) mass is 398 g/mol. The van der Waals surface area contributed by atoms with Crippen LogP contribution in [0, 0.1) is 12.8 Å². The molecule has 1 fully saturated rings. The second-order valence-corrected chi connectivity index (χ2v) is 8.68. The maximum atomic E-state index is 13.2. The van der Waals surface area contributed by atoms with Crippen molar-refractivity contribution in [2.75, 3.05) is 13.1 Å². The Labute approximate surface area is 168 Å². The lowest BCUT2D eigenvalue weighted by molar-refractivity contribution is 0.183. The predicted octanol–water partition coefficient (Wildman–Crippen LogP) is 4.72. The zero-order chi connectivity index (χ0) is 19.8. The summed E-state index contributed by atoms with van der Waals surface area (Å²) >= 11 is 1.44. The molecule has 1 aromatic carbocycles. The topological polar surface area (TPSA) is 66.6 Å². The van der Waals surface area contributed by atoms with Gasteiger partial charge in [0, 0.05) is 17.6 Å². The first kappa shape index (κ1) is 19.2. The van der Waals surface area contributed by atoms with Gasteiger partial charge in [-0.1, -0.05) is 13.8 Å². The number of thiazole rings is 1. The predicted molar refractivity (Wildman–Crippen MR) is 113 cm³/mol. The number of hydrogen-bond acceptors (Lipinski definition) is 6. The highest BCUT2D eigenvalue weighted by Crippen LogP contribution is 2.34. The molecule has 0 bridgehead atoms. The summed E-state index contributed by atoms with van der Waals surface area (Å²) in [7, 11) is 0. The summed E-state index contributed by atoms with van der Waals surface area (Å²) in [5.41, 5.74) is 3.29. The second-order valence-electron chi connectivity index (χ2n) is 7.82. The van der Waals surface area contributed by atoms with Crippen molar-refractivity contribution in [2.45, 2.75) is 46.6 Å². The number of aromatic nitrogens is 1. The number of phenols is 1. The number of aryl methyl sites for hydroxylation is 2. The fraction of sp³-hybridized carbons (Fsp3) is 0.455. The van der Waals surface area contributed by atoms with Crippen LogP contribution in [-0.2, 0) is 13.0 Å². The van der Waals surface area contributed by atoms with Crippen molar-refractivity contribution in [3.8, 4) is 16.3 Å². The minimum Gasteiger partial charge on any atom is -0.507 e. The van der Waals surface area contributed by atoms with E-state index in [0.29, 0.717) is 34.5 Å². The van der Waals surface area contributed by atoms with Crippen molar-refractivity contribution in [1.82, 2.24) is 9.88 Å². The summed E-state index contributed by atoms with van der Waals surface area (Å²) in [6.07, 6.45) is 4.47. The summed E-state index contributed by atoms with van der Waals surface area (Å²) in [5.74, 6) is 1.00. The molecule has 0 atom stereocenters. The van der Waals surface area contributed by atoms with E-state index in [1.807, 2.05) is 19.2 Å². The number of nitrogens with zero attached hydrogens (tertiary/aromatic N) is 2. The van der Waals surface area contributed by atoms with E-state index in [0.717, 1.165) is 48.7 Å². The molecule has 0 saturated carbocycles. The number of fused-ring (bicyclic) bond motifs is 1. The van der Waals surface area contributed by atoms with Gasteiger partial charge in [0.15, 0.2) is 0 Å². The summed E-state index contributed by atoms with van der Waals surface area (Å²) in [6.45, 7) is 8.78. The zero-order valence-corrected chi connectivity index (χ0v) is 17.4. The third kappa shape index (κ3) is 3.47. The molecule has 0 radical (unpaired) electrons. The summed E-state index contributed by atoms with van der Waals surface area (Å²) < 4.78 is 5.94. The summed E-state index contributed by atoms with van der Waals surface area (Å²) in [5, 5.41) is 14.0. The molecule has 0 unspecified atom stereocenters. The van der Waals surface area contributed by atoms with E-state index < -0.39 is 0 Å². The standard InChI is InChI=1S/C22H26N2O3S/c1-4-15-9-16-20(26)18(22-23-14(3)12-28-22)11-27-21(16)17(19(15)25)10-24-7-5-13(2)6-8-24/h9,11-13,25H,4-8,10H2,1-3H3. The molecule has 0 spiro atoms. The van der Waals surface area contributed by atoms with Gasteiger partial charge in [-0.3, -0.25) is 9.69 Å². The van der Waals surface area contributed by atoms with Crippen molar-refractivity contribution in [2.24, 2.45) is 5.92 Å². The number of phenolic OH excluding ortho intramolecular Hbond substituents is 1. The largest absolute Gasteiger partial charge is 0.507 e. The number of aromatic hydroxyl groups is 1. The average Bonchev–Trinajstić information content (AvgIpc) is 3.12. The number of rotatable bonds is 4. The van der Waals surface area contributed by atoms with E-state index in [1.54, 1.807) is 6.07 Å². The van der Waals surface area contributed by atoms with Crippen LogP contribution in [-0.4, -0.2) is 28.1 Å². The fourth-order valence-electron chi connectivity index (χ4n) is 3.88. The molecular weight excluding hydrogens is 372 g/mol. The first-order valence-electron chi connectivity index (χ1n) is 9.92. The number of likely N-dealkylation sites (tertiary alicyclic amines) is 1. The quantitative estimate of drug-likeness (QED) is 0.688. The number of piperidine rings is 1. The highest BCUT2D eigenvalue weighted by molar-refractivity contribution is 7.13. The van der Waals surface area contributed by atoms with Gasteiger partial charge in [-0.25, -0.2) is 4.98 Å². The Hall–Kier alpha value is -2.18. The van der Waals surface area contributed by atoms with Gasteiger partial charge in [0.05, 0.1) is 16.5 Å². The molecule has 6 heteroatoms. The molecule has 5 nitrogen and oxygen atoms in total. The average molecular weight is 399 g/mol. The van der Waals surface area contributed by atoms with Crippen LogP contribution < -0.4 is 5.43 Å². The first-order valence-corrected chi connectivity index (χ1v) is 10.8. The Morgan fingerprint density at radius 2 is 2.11 bits per heavy atom. The van der Waals surface area contributed by atoms with Crippen molar-refractivity contribution >= 4 is 22.3 Å². The Morgan fingerprint density at radius 3 is 2.75 bits per heavy atom. The summed E-state index contributed by atoms with van der Waals surface area (Å²) in [4.78, 5) is 20.0. The first-order chi connectivity index (χ1) is 13.5. The lowest BCUT2D eigenvalue weighted by Gasteiger charge is -2.30. The SMILES string of the molecule is CCc1cc2c(=O)c(-c3nc(C)cs3)coc2c(CN2CCC(C)CC2)c1O. The van der Waals surface area contributed by atoms with E-state index >= 15 is 0 Å². The maximum absolute atomic E-state index is 13.2. The van der Waals surface area contributed by atoms with Gasteiger partial charge < -0.3 is 9.52 Å². The second kappa shape index (κ2) is 7.68. The minimum absolute atomic E-state index is 0.0844. The fourth-order valence-corrected chi connectivity index (χ4v) is 4.68. The van der Waals surface area contributed by atoms with Gasteiger partial charge in [0.25, 0.3) is 0 Å². The van der Waals surface area contributed by atoms with Crippen LogP contribution in [0.4, 0.5) is 0 Å². The third-order valence-corrected chi connectivity index (χ3v) is 6.69. The molecule has 1 aliphatic heterocycles. The van der Waals surface area contributed by atoms with Crippen LogP contribution in [0.5, 0.6) is 5.75 Å². The Bertz CT molecular complexity index is 1060. The Kier molecular flexibility index (Phi) is 5.25. The van der Waals surface area contributed by atoms with Crippen molar-refractivity contribution in [3.63, 3.8) is 0 Å². The summed E-state index contributed by atoms with van der Waals surface area (Å²) in [6, 6.07) is 1.78. The molecule has 3 aromatic rings. The highest BCUT2D eigenvalue weighted by Gasteiger charge is 2.23. The van der Waals surface area contributed by atoms with E-state index in [-0.39, 0.29) is 11.2 Å². The van der Waals surface area contributed by atoms with Crippen LogP contribution in [0.25, 0.3) is 21.5 Å². The van der Waals surface area contributed by atoms with Gasteiger partial charge in [0.1, 0.15) is 22.6 Å². The van der Waals surface area contributed by atoms with Gasteiger partial charge in [-0.15, -0.1) is 11.3 Å². The molecule has 28 heavy (non-hydrogen) atoms. The lowest BCUT2D eigenvalue weighted by Crippen LogP contribution is -2.32. The third-order valence-electron chi connectivity index (χ3n) is 5.70. The normalized spacial score (nSPS) is 16.1. The van der Waals surface area contributed by atoms with Gasteiger partial charge >= 0.3 is 0 Å². The van der Waals surface area contributed by atoms with Crippen LogP contribution in [0.15, 0.2) is 26.9 Å². The van der Waals surface area contributed by atoms with E-state index in [9.17, 15) is 9.90 Å². The van der Waals surface area contributed by atoms with Gasteiger partial charge in [0.2, 0.25) is 5.43 Å². The van der Waals surface area contributed by atoms with Crippen LogP contribution in [0.2, 0.25) is 0 Å². The molecule has 3 heterocycles. The highest BCUT2D eigenvalue weighted by atomic mass is 32.1. The van der Waals surface area contributed by atoms with Gasteiger partial charge in [-0.05, 0) is 56.8 Å². The molecule has 0 amide bonds. The zero-order valence-electron chi connectivity index (χ0n) is 16.6. The maximum Gasteiger partial charge on any atom is 0.202 e. The van der Waals surface area contributed by atoms with Crippen molar-refractivity contribution in [3.05, 3.63) is 44.8 Å². The molecule has 148 valence electrons. The van der Waals surface area contributed by atoms with E-state index in [1.165, 1.54) is 17.6 Å². The van der Waals surface area contributed by atoms with Crippen LogP contribution in [0.3, 0.4) is 0 Å². The van der Waals surface area contributed by atoms with Crippen LogP contribution in [0.1, 0.15) is 43.5 Å². The van der Waals surface area contributed by atoms with Crippen molar-refractivity contribution < 1.29 is 9.52 Å². The molecule has 0 aliphatic carbocycles.